The molecule has 0 radical (unpaired) electrons. The molecule has 2 N–H and O–H groups in total. The molecule has 8 heteroatoms. The molecule has 0 spiro atoms. The summed E-state index contributed by atoms with van der Waals surface area (Å²) in [6.07, 6.45) is -2.02. The number of nitrogens with two attached hydrogens (primary N) is 1. The maximum absolute atomic E-state index is 13.5. The summed E-state index contributed by atoms with van der Waals surface area (Å²) < 4.78 is 18.0. The number of carbonyl (C=O) groups is 1. The fourth-order valence-electron chi connectivity index (χ4n) is 1.15. The molecule has 0 aliphatic heterocycles. The first-order chi connectivity index (χ1) is 7.97. The van der Waals surface area contributed by atoms with Gasteiger partial charge in [0.05, 0.1) is 17.6 Å². The summed E-state index contributed by atoms with van der Waals surface area (Å²) in [6, 6.07) is -0.0970. The number of carbonyl (C=O) groups excluding carboxylic acids is 1. The van der Waals surface area contributed by atoms with Crippen molar-refractivity contribution in [1.82, 2.24) is 0 Å². The van der Waals surface area contributed by atoms with Gasteiger partial charge in [0, 0.05) is 11.4 Å². The van der Waals surface area contributed by atoms with Crippen molar-refractivity contribution in [2.45, 2.75) is 19.1 Å². The van der Waals surface area contributed by atoms with Crippen molar-refractivity contribution in [2.75, 3.05) is 6.61 Å². The van der Waals surface area contributed by atoms with Crippen LogP contribution in [0.25, 0.3) is 0 Å². The molecule has 0 fully saturated rings. The third kappa shape index (κ3) is 3.21. The molecular formula is C9H11FN2O4S. The Morgan fingerprint density at radius 2 is 2.41 bits per heavy atom. The molecule has 0 saturated carbocycles. The standard InChI is InChI=1S/C9H11FN2O4S/c1-2-16-9(13)7(10)8(11)5-3-6(12(14)15)17-4-5/h3-4,7-8H,2,11H2,1H3/t7?,8-/m0/s1. The number of ether oxygens (including phenoxy) is 1. The number of thiophene rings is 1. The van der Waals surface area contributed by atoms with Gasteiger partial charge in [-0.15, -0.1) is 0 Å². The zero-order chi connectivity index (χ0) is 13.0. The molecule has 1 rings (SSSR count). The molecule has 0 aromatic carbocycles. The van der Waals surface area contributed by atoms with Gasteiger partial charge in [-0.05, 0) is 12.5 Å². The number of alkyl halides is 1. The van der Waals surface area contributed by atoms with Crippen LogP contribution in [0.2, 0.25) is 0 Å². The number of hydrogen-bond donors (Lipinski definition) is 1. The highest BCUT2D eigenvalue weighted by molar-refractivity contribution is 7.13. The molecule has 1 aromatic heterocycles. The normalized spacial score (nSPS) is 14.1. The predicted molar refractivity (Wildman–Crippen MR) is 59.4 cm³/mol. The third-order valence-corrected chi connectivity index (χ3v) is 2.90. The second-order valence-corrected chi connectivity index (χ2v) is 4.04. The van der Waals surface area contributed by atoms with Crippen LogP contribution in [0, 0.1) is 10.1 Å². The van der Waals surface area contributed by atoms with E-state index in [0.29, 0.717) is 0 Å². The van der Waals surface area contributed by atoms with Gasteiger partial charge in [0.15, 0.2) is 0 Å². The van der Waals surface area contributed by atoms with Crippen LogP contribution in [0.15, 0.2) is 11.4 Å². The van der Waals surface area contributed by atoms with E-state index in [9.17, 15) is 19.3 Å². The van der Waals surface area contributed by atoms with Gasteiger partial charge < -0.3 is 10.5 Å². The first kappa shape index (κ1) is 13.5. The number of hydrogen-bond acceptors (Lipinski definition) is 6. The van der Waals surface area contributed by atoms with Gasteiger partial charge in [0.1, 0.15) is 0 Å². The van der Waals surface area contributed by atoms with E-state index in [1.54, 1.807) is 6.92 Å². The molecular weight excluding hydrogens is 251 g/mol. The number of nitrogens with zero attached hydrogens (tertiary/aromatic N) is 1. The van der Waals surface area contributed by atoms with E-state index in [2.05, 4.69) is 4.74 Å². The van der Waals surface area contributed by atoms with E-state index in [1.807, 2.05) is 0 Å². The van der Waals surface area contributed by atoms with Crippen molar-refractivity contribution in [3.8, 4) is 0 Å². The SMILES string of the molecule is CCOC(=O)C(F)[C@@H](N)c1csc([N+](=O)[O-])c1. The maximum Gasteiger partial charge on any atom is 0.342 e. The Morgan fingerprint density at radius 3 is 2.88 bits per heavy atom. The lowest BCUT2D eigenvalue weighted by molar-refractivity contribution is -0.380. The summed E-state index contributed by atoms with van der Waals surface area (Å²) in [7, 11) is 0. The maximum atomic E-state index is 13.5. The number of halogens is 1. The molecule has 2 atom stereocenters. The Morgan fingerprint density at radius 1 is 1.76 bits per heavy atom. The minimum atomic E-state index is -2.02. The average molecular weight is 262 g/mol. The first-order valence-corrected chi connectivity index (χ1v) is 5.64. The fraction of sp³-hybridized carbons (Fsp3) is 0.444. The Balaban J connectivity index is 2.77. The highest BCUT2D eigenvalue weighted by atomic mass is 32.1. The van der Waals surface area contributed by atoms with E-state index < -0.39 is 23.1 Å². The average Bonchev–Trinajstić information content (AvgIpc) is 2.76. The van der Waals surface area contributed by atoms with Crippen LogP contribution < -0.4 is 5.73 Å². The van der Waals surface area contributed by atoms with Crippen molar-refractivity contribution in [1.29, 1.82) is 0 Å². The van der Waals surface area contributed by atoms with Gasteiger partial charge in [-0.1, -0.05) is 11.3 Å². The largest absolute Gasteiger partial charge is 0.464 e. The van der Waals surface area contributed by atoms with Crippen LogP contribution in [0.3, 0.4) is 0 Å². The summed E-state index contributed by atoms with van der Waals surface area (Å²) >= 11 is 0.831. The van der Waals surface area contributed by atoms with Gasteiger partial charge in [-0.2, -0.15) is 0 Å². The molecule has 1 aromatic rings. The summed E-state index contributed by atoms with van der Waals surface area (Å²) in [5, 5.41) is 11.6. The van der Waals surface area contributed by atoms with Gasteiger partial charge in [-0.25, -0.2) is 9.18 Å². The van der Waals surface area contributed by atoms with E-state index in [0.717, 1.165) is 17.4 Å². The predicted octanol–water partition coefficient (Wildman–Crippen LogP) is 1.56. The summed E-state index contributed by atoms with van der Waals surface area (Å²) in [5.41, 5.74) is 5.70. The van der Waals surface area contributed by atoms with E-state index in [4.69, 9.17) is 5.73 Å². The molecule has 1 heterocycles. The van der Waals surface area contributed by atoms with Gasteiger partial charge in [-0.3, -0.25) is 10.1 Å². The Labute approximate surface area is 100 Å². The van der Waals surface area contributed by atoms with Gasteiger partial charge >= 0.3 is 11.0 Å². The van der Waals surface area contributed by atoms with E-state index in [-0.39, 0.29) is 17.2 Å². The molecule has 0 amide bonds. The lowest BCUT2D eigenvalue weighted by atomic mass is 10.1. The minimum Gasteiger partial charge on any atom is -0.464 e. The van der Waals surface area contributed by atoms with Crippen molar-refractivity contribution in [3.05, 3.63) is 27.1 Å². The Kier molecular flexibility index (Phi) is 4.53. The van der Waals surface area contributed by atoms with Crippen molar-refractivity contribution in [3.63, 3.8) is 0 Å². The molecule has 17 heavy (non-hydrogen) atoms. The summed E-state index contributed by atoms with van der Waals surface area (Å²) in [6.45, 7) is 1.60. The van der Waals surface area contributed by atoms with Crippen molar-refractivity contribution >= 4 is 22.3 Å². The zero-order valence-electron chi connectivity index (χ0n) is 8.96. The van der Waals surface area contributed by atoms with Crippen LogP contribution in [0.5, 0.6) is 0 Å². The molecule has 0 aliphatic carbocycles. The van der Waals surface area contributed by atoms with Crippen LogP contribution in [0.4, 0.5) is 9.39 Å². The molecule has 0 aliphatic rings. The summed E-state index contributed by atoms with van der Waals surface area (Å²) in [5.74, 6) is -1.06. The molecule has 0 bridgehead atoms. The number of nitro groups is 1. The van der Waals surface area contributed by atoms with Crippen LogP contribution in [0.1, 0.15) is 18.5 Å². The van der Waals surface area contributed by atoms with Crippen molar-refractivity contribution in [2.24, 2.45) is 5.73 Å². The lowest BCUT2D eigenvalue weighted by Crippen LogP contribution is -2.31. The molecule has 0 saturated heterocycles. The Bertz CT molecular complexity index is 423. The number of esters is 1. The van der Waals surface area contributed by atoms with Crippen LogP contribution >= 0.6 is 11.3 Å². The van der Waals surface area contributed by atoms with Crippen LogP contribution in [-0.4, -0.2) is 23.7 Å². The smallest absolute Gasteiger partial charge is 0.342 e. The fourth-order valence-corrected chi connectivity index (χ4v) is 1.92. The van der Waals surface area contributed by atoms with Crippen LogP contribution in [-0.2, 0) is 9.53 Å². The lowest BCUT2D eigenvalue weighted by Gasteiger charge is -2.13. The third-order valence-electron chi connectivity index (χ3n) is 2.00. The summed E-state index contributed by atoms with van der Waals surface area (Å²) in [4.78, 5) is 20.9. The molecule has 6 nitrogen and oxygen atoms in total. The van der Waals surface area contributed by atoms with Gasteiger partial charge in [0.25, 0.3) is 0 Å². The van der Waals surface area contributed by atoms with Crippen molar-refractivity contribution < 1.29 is 18.8 Å². The second kappa shape index (κ2) is 5.69. The minimum absolute atomic E-state index is 0.0513. The Hall–Kier alpha value is -1.54. The number of rotatable bonds is 5. The highest BCUT2D eigenvalue weighted by Crippen LogP contribution is 2.28. The van der Waals surface area contributed by atoms with E-state index >= 15 is 0 Å². The topological polar surface area (TPSA) is 95.5 Å². The van der Waals surface area contributed by atoms with Gasteiger partial charge in [0.2, 0.25) is 6.17 Å². The first-order valence-electron chi connectivity index (χ1n) is 4.76. The molecule has 1 unspecified atom stereocenters. The zero-order valence-corrected chi connectivity index (χ0v) is 9.78. The quantitative estimate of drug-likeness (QED) is 0.493. The highest BCUT2D eigenvalue weighted by Gasteiger charge is 2.29. The monoisotopic (exact) mass is 262 g/mol. The second-order valence-electron chi connectivity index (χ2n) is 3.15. The molecule has 94 valence electrons. The van der Waals surface area contributed by atoms with E-state index in [1.165, 1.54) is 5.38 Å².